The van der Waals surface area contributed by atoms with Crippen LogP contribution >= 0.6 is 0 Å². The first-order chi connectivity index (χ1) is 14.2. The number of carbonyl (C=O) groups is 2. The minimum absolute atomic E-state index is 0.131. The lowest BCUT2D eigenvalue weighted by molar-refractivity contribution is -0.122. The summed E-state index contributed by atoms with van der Waals surface area (Å²) >= 11 is 0. The van der Waals surface area contributed by atoms with Gasteiger partial charge >= 0.3 is 0 Å². The number of rotatable bonds is 3. The molecule has 0 unspecified atom stereocenters. The molecule has 0 spiro atoms. The molecule has 1 fully saturated rings. The lowest BCUT2D eigenvalue weighted by Crippen LogP contribution is -2.33. The van der Waals surface area contributed by atoms with Gasteiger partial charge in [-0.15, -0.1) is 0 Å². The third-order valence-electron chi connectivity index (χ3n) is 6.24. The van der Waals surface area contributed by atoms with Crippen molar-refractivity contribution in [2.75, 3.05) is 16.8 Å². The Kier molecular flexibility index (Phi) is 4.55. The van der Waals surface area contributed by atoms with Crippen molar-refractivity contribution in [3.8, 4) is 0 Å². The predicted molar refractivity (Wildman–Crippen MR) is 116 cm³/mol. The second-order valence-corrected chi connectivity index (χ2v) is 8.05. The molecule has 0 aromatic heterocycles. The predicted octanol–water partition coefficient (Wildman–Crippen LogP) is 5.17. The lowest BCUT2D eigenvalue weighted by atomic mass is 10.0. The van der Waals surface area contributed by atoms with Gasteiger partial charge in [0.15, 0.2) is 0 Å². The summed E-state index contributed by atoms with van der Waals surface area (Å²) in [7, 11) is 0. The van der Waals surface area contributed by atoms with Crippen LogP contribution in [0.2, 0.25) is 0 Å². The smallest absolute Gasteiger partial charge is 0.256 e. The number of amides is 2. The Morgan fingerprint density at radius 3 is 2.59 bits per heavy atom. The average molecular weight is 384 g/mol. The Hall–Kier alpha value is -3.14. The molecule has 0 saturated heterocycles. The third-order valence-corrected chi connectivity index (χ3v) is 6.24. The van der Waals surface area contributed by atoms with Crippen LogP contribution in [0.1, 0.15) is 41.6 Å². The molecule has 29 heavy (non-hydrogen) atoms. The summed E-state index contributed by atoms with van der Waals surface area (Å²) in [5, 5.41) is 5.01. The number of nitrogens with one attached hydrogen (secondary N) is 1. The summed E-state index contributed by atoms with van der Waals surface area (Å²) in [5.74, 6) is 0.280. The summed E-state index contributed by atoms with van der Waals surface area (Å²) in [6.07, 6.45) is 5.19. The van der Waals surface area contributed by atoms with Gasteiger partial charge in [-0.25, -0.2) is 0 Å². The zero-order valence-corrected chi connectivity index (χ0v) is 16.4. The van der Waals surface area contributed by atoms with E-state index in [-0.39, 0.29) is 17.7 Å². The van der Waals surface area contributed by atoms with Gasteiger partial charge < -0.3 is 10.2 Å². The molecule has 3 aromatic carbocycles. The van der Waals surface area contributed by atoms with Crippen LogP contribution in [-0.4, -0.2) is 18.4 Å². The third kappa shape index (κ3) is 3.29. The lowest BCUT2D eigenvalue weighted by Gasteiger charge is -2.21. The van der Waals surface area contributed by atoms with Gasteiger partial charge in [-0.2, -0.15) is 0 Å². The average Bonchev–Trinajstić information content (AvgIpc) is 3.43. The monoisotopic (exact) mass is 384 g/mol. The zero-order valence-electron chi connectivity index (χ0n) is 16.4. The van der Waals surface area contributed by atoms with Crippen LogP contribution in [0, 0.1) is 5.92 Å². The molecule has 1 N–H and O–H groups in total. The van der Waals surface area contributed by atoms with Crippen molar-refractivity contribution in [1.82, 2.24) is 0 Å². The number of benzene rings is 3. The highest BCUT2D eigenvalue weighted by molar-refractivity contribution is 6.13. The van der Waals surface area contributed by atoms with Gasteiger partial charge in [-0.3, -0.25) is 9.59 Å². The van der Waals surface area contributed by atoms with Crippen LogP contribution in [-0.2, 0) is 11.2 Å². The quantitative estimate of drug-likeness (QED) is 0.677. The molecule has 1 aliphatic carbocycles. The number of hydrogen-bond acceptors (Lipinski definition) is 2. The Balaban J connectivity index is 1.41. The second kappa shape index (κ2) is 7.36. The van der Waals surface area contributed by atoms with Crippen LogP contribution < -0.4 is 10.2 Å². The van der Waals surface area contributed by atoms with E-state index in [1.165, 1.54) is 5.56 Å². The summed E-state index contributed by atoms with van der Waals surface area (Å²) in [6.45, 7) is 0.741. The number of fused-ring (bicyclic) bond motifs is 2. The SMILES string of the molecule is O=C(Nc1ccc2c(c1)N(C(=O)C1CCCC1)CC2)c1cccc2ccccc12. The Labute approximate surface area is 170 Å². The van der Waals surface area contributed by atoms with Crippen molar-refractivity contribution in [2.24, 2.45) is 5.92 Å². The first kappa shape index (κ1) is 17.9. The van der Waals surface area contributed by atoms with Crippen LogP contribution in [0.3, 0.4) is 0 Å². The molecule has 0 atom stereocenters. The van der Waals surface area contributed by atoms with Gasteiger partial charge in [0.05, 0.1) is 0 Å². The number of hydrogen-bond donors (Lipinski definition) is 1. The first-order valence-electron chi connectivity index (χ1n) is 10.4. The van der Waals surface area contributed by atoms with E-state index in [9.17, 15) is 9.59 Å². The molecule has 1 heterocycles. The standard InChI is InChI=1S/C25H24N2O2/c28-24(22-11-5-9-17-6-3-4-10-21(17)22)26-20-13-12-18-14-15-27(23(18)16-20)25(29)19-7-1-2-8-19/h3-6,9-13,16,19H,1-2,7-8,14-15H2,(H,26,28). The fourth-order valence-corrected chi connectivity index (χ4v) is 4.70. The maximum Gasteiger partial charge on any atom is 0.256 e. The molecule has 4 heteroatoms. The minimum atomic E-state index is -0.131. The Bertz CT molecular complexity index is 1090. The van der Waals surface area contributed by atoms with Crippen molar-refractivity contribution in [2.45, 2.75) is 32.1 Å². The van der Waals surface area contributed by atoms with Gasteiger partial charge in [0.25, 0.3) is 5.91 Å². The van der Waals surface area contributed by atoms with Crippen LogP contribution in [0.5, 0.6) is 0 Å². The topological polar surface area (TPSA) is 49.4 Å². The summed E-state index contributed by atoms with van der Waals surface area (Å²) < 4.78 is 0. The molecule has 2 amide bonds. The normalized spacial score (nSPS) is 16.2. The van der Waals surface area contributed by atoms with Crippen molar-refractivity contribution < 1.29 is 9.59 Å². The zero-order chi connectivity index (χ0) is 19.8. The molecule has 2 aliphatic rings. The fraction of sp³-hybridized carbons (Fsp3) is 0.280. The van der Waals surface area contributed by atoms with Gasteiger partial charge in [-0.1, -0.05) is 55.3 Å². The molecule has 1 aliphatic heterocycles. The molecular weight excluding hydrogens is 360 g/mol. The number of carbonyl (C=O) groups excluding carboxylic acids is 2. The van der Waals surface area contributed by atoms with Crippen molar-refractivity contribution in [3.63, 3.8) is 0 Å². The van der Waals surface area contributed by atoms with E-state index in [1.54, 1.807) is 0 Å². The maximum absolute atomic E-state index is 13.0. The van der Waals surface area contributed by atoms with Crippen LogP contribution in [0.4, 0.5) is 11.4 Å². The highest BCUT2D eigenvalue weighted by Gasteiger charge is 2.32. The van der Waals surface area contributed by atoms with Crippen molar-refractivity contribution >= 4 is 34.0 Å². The molecule has 3 aromatic rings. The largest absolute Gasteiger partial charge is 0.322 e. The van der Waals surface area contributed by atoms with E-state index in [1.807, 2.05) is 65.6 Å². The van der Waals surface area contributed by atoms with Crippen molar-refractivity contribution in [3.05, 3.63) is 71.8 Å². The Morgan fingerprint density at radius 2 is 1.72 bits per heavy atom. The molecular formula is C25H24N2O2. The van der Waals surface area contributed by atoms with Gasteiger partial charge in [0.1, 0.15) is 0 Å². The Morgan fingerprint density at radius 1 is 0.931 bits per heavy atom. The fourth-order valence-electron chi connectivity index (χ4n) is 4.70. The molecule has 0 radical (unpaired) electrons. The van der Waals surface area contributed by atoms with E-state index < -0.39 is 0 Å². The highest BCUT2D eigenvalue weighted by Crippen LogP contribution is 2.35. The molecule has 4 nitrogen and oxygen atoms in total. The van der Waals surface area contributed by atoms with E-state index in [2.05, 4.69) is 5.32 Å². The van der Waals surface area contributed by atoms with Crippen molar-refractivity contribution in [1.29, 1.82) is 0 Å². The first-order valence-corrected chi connectivity index (χ1v) is 10.4. The highest BCUT2D eigenvalue weighted by atomic mass is 16.2. The summed E-state index contributed by atoms with van der Waals surface area (Å²) in [4.78, 5) is 27.8. The van der Waals surface area contributed by atoms with Gasteiger partial charge in [0.2, 0.25) is 5.91 Å². The number of nitrogens with zero attached hydrogens (tertiary/aromatic N) is 1. The number of anilines is 2. The van der Waals surface area contributed by atoms with Crippen LogP contribution in [0.15, 0.2) is 60.7 Å². The van der Waals surface area contributed by atoms with Gasteiger partial charge in [-0.05, 0) is 53.8 Å². The maximum atomic E-state index is 13.0. The van der Waals surface area contributed by atoms with E-state index in [0.29, 0.717) is 5.56 Å². The second-order valence-electron chi connectivity index (χ2n) is 8.05. The van der Waals surface area contributed by atoms with Gasteiger partial charge in [0, 0.05) is 29.4 Å². The van der Waals surface area contributed by atoms with Crippen LogP contribution in [0.25, 0.3) is 10.8 Å². The molecule has 5 rings (SSSR count). The minimum Gasteiger partial charge on any atom is -0.322 e. The van der Waals surface area contributed by atoms with E-state index >= 15 is 0 Å². The van der Waals surface area contributed by atoms with E-state index in [4.69, 9.17) is 0 Å². The molecule has 146 valence electrons. The molecule has 1 saturated carbocycles. The van der Waals surface area contributed by atoms with E-state index in [0.717, 1.165) is 60.8 Å². The summed E-state index contributed by atoms with van der Waals surface area (Å²) in [6, 6.07) is 19.6. The molecule has 0 bridgehead atoms. The summed E-state index contributed by atoms with van der Waals surface area (Å²) in [5.41, 5.74) is 3.52.